The Kier molecular flexibility index (Phi) is 2.81. The van der Waals surface area contributed by atoms with Gasteiger partial charge in [-0.25, -0.2) is 9.97 Å². The second-order valence-corrected chi connectivity index (χ2v) is 5.47. The molecule has 4 rings (SSSR count). The highest BCUT2D eigenvalue weighted by Gasteiger charge is 2.27. The van der Waals surface area contributed by atoms with Gasteiger partial charge in [0, 0.05) is 12.8 Å². The second-order valence-electron chi connectivity index (χ2n) is 5.11. The van der Waals surface area contributed by atoms with Gasteiger partial charge in [-0.05, 0) is 11.6 Å². The number of hydrogen-bond donors (Lipinski definition) is 2. The second kappa shape index (κ2) is 4.70. The summed E-state index contributed by atoms with van der Waals surface area (Å²) in [6.45, 7) is 3.70. The topological polar surface area (TPSA) is 87.6 Å². The van der Waals surface area contributed by atoms with E-state index in [1.54, 1.807) is 6.33 Å². The first-order chi connectivity index (χ1) is 10.2. The molecule has 0 saturated carbocycles. The normalized spacial score (nSPS) is 14.7. The molecular weight excluding hydrogens is 290 g/mol. The molecule has 0 aromatic carbocycles. The lowest BCUT2D eigenvalue weighted by Gasteiger charge is -2.22. The third-order valence-corrected chi connectivity index (χ3v) is 4.00. The molecule has 0 bridgehead atoms. The van der Waals surface area contributed by atoms with E-state index in [9.17, 15) is 0 Å². The van der Waals surface area contributed by atoms with Gasteiger partial charge in [0.1, 0.15) is 12.4 Å². The van der Waals surface area contributed by atoms with Gasteiger partial charge in [-0.2, -0.15) is 4.98 Å². The predicted octanol–water partition coefficient (Wildman–Crippen LogP) is 1.27. The number of hydrogen-bond acceptors (Lipinski definition) is 4. The van der Waals surface area contributed by atoms with E-state index in [4.69, 9.17) is 11.6 Å². The first kappa shape index (κ1) is 12.6. The smallest absolute Gasteiger partial charge is 0.334 e. The summed E-state index contributed by atoms with van der Waals surface area (Å²) in [5.41, 5.74) is 3.84. The number of nitrogens with zero attached hydrogens (tertiary/aromatic N) is 4. The molecule has 1 aliphatic rings. The maximum atomic E-state index is 6.11. The average Bonchev–Trinajstić information content (AvgIpc) is 3.11. The van der Waals surface area contributed by atoms with Crippen LogP contribution < -0.4 is 9.88 Å². The SMILES string of the molecule is CCc1nc2nc(Cl)[nH+]c(N3CCc4nc[nH]c4C3)c2[nH]1. The van der Waals surface area contributed by atoms with Crippen LogP contribution in [0.1, 0.15) is 24.1 Å². The number of aryl methyl sites for hydroxylation is 1. The number of rotatable bonds is 2. The summed E-state index contributed by atoms with van der Waals surface area (Å²) in [4.78, 5) is 25.0. The van der Waals surface area contributed by atoms with Gasteiger partial charge in [0.15, 0.2) is 5.52 Å². The van der Waals surface area contributed by atoms with Crippen LogP contribution in [0.15, 0.2) is 6.33 Å². The fourth-order valence-corrected chi connectivity index (χ4v) is 2.92. The molecule has 108 valence electrons. The standard InChI is InChI=1S/C13H14ClN7/c1-2-9-17-10-11(18-9)19-13(14)20-12(10)21-4-3-7-8(5-21)16-6-15-7/h6H,2-5H2,1H3,(H,15,16)(H,17,18,19,20)/p+1. The van der Waals surface area contributed by atoms with Crippen LogP contribution in [0.3, 0.4) is 0 Å². The van der Waals surface area contributed by atoms with Gasteiger partial charge in [-0.3, -0.25) is 4.90 Å². The number of aromatic nitrogens is 6. The van der Waals surface area contributed by atoms with E-state index < -0.39 is 0 Å². The van der Waals surface area contributed by atoms with Crippen LogP contribution in [0.2, 0.25) is 5.28 Å². The zero-order valence-corrected chi connectivity index (χ0v) is 12.3. The number of imidazole rings is 2. The molecule has 3 aromatic rings. The quantitative estimate of drug-likeness (QED) is 0.698. The van der Waals surface area contributed by atoms with Crippen molar-refractivity contribution in [2.24, 2.45) is 0 Å². The van der Waals surface area contributed by atoms with Crippen molar-refractivity contribution < 1.29 is 4.98 Å². The average molecular weight is 305 g/mol. The molecule has 0 fully saturated rings. The number of H-pyrrole nitrogens is 3. The summed E-state index contributed by atoms with van der Waals surface area (Å²) in [7, 11) is 0. The van der Waals surface area contributed by atoms with Crippen molar-refractivity contribution in [1.82, 2.24) is 24.9 Å². The predicted molar refractivity (Wildman–Crippen MR) is 78.2 cm³/mol. The van der Waals surface area contributed by atoms with Gasteiger partial charge < -0.3 is 9.97 Å². The van der Waals surface area contributed by atoms with Crippen LogP contribution in [-0.2, 0) is 19.4 Å². The lowest BCUT2D eigenvalue weighted by molar-refractivity contribution is -0.364. The Hall–Kier alpha value is -2.15. The van der Waals surface area contributed by atoms with Crippen LogP contribution in [0.25, 0.3) is 11.2 Å². The first-order valence-corrected chi connectivity index (χ1v) is 7.36. The van der Waals surface area contributed by atoms with E-state index in [-0.39, 0.29) is 0 Å². The van der Waals surface area contributed by atoms with Crippen LogP contribution in [-0.4, -0.2) is 31.5 Å². The number of aromatic amines is 3. The fourth-order valence-electron chi connectivity index (χ4n) is 2.75. The summed E-state index contributed by atoms with van der Waals surface area (Å²) in [5.74, 6) is 1.84. The summed E-state index contributed by atoms with van der Waals surface area (Å²) < 4.78 is 0. The number of anilines is 1. The van der Waals surface area contributed by atoms with Gasteiger partial charge in [0.05, 0.1) is 24.3 Å². The zero-order valence-electron chi connectivity index (χ0n) is 11.6. The monoisotopic (exact) mass is 304 g/mol. The Morgan fingerprint density at radius 1 is 1.43 bits per heavy atom. The Bertz CT molecular complexity index is 806. The fraction of sp³-hybridized carbons (Fsp3) is 0.385. The molecule has 3 N–H and O–H groups in total. The van der Waals surface area contributed by atoms with Crippen molar-refractivity contribution in [1.29, 1.82) is 0 Å². The van der Waals surface area contributed by atoms with E-state index in [0.29, 0.717) is 10.9 Å². The van der Waals surface area contributed by atoms with Gasteiger partial charge in [-0.1, -0.05) is 11.9 Å². The van der Waals surface area contributed by atoms with Gasteiger partial charge in [0.2, 0.25) is 0 Å². The molecule has 0 aliphatic carbocycles. The Labute approximate surface area is 125 Å². The van der Waals surface area contributed by atoms with Crippen molar-refractivity contribution in [3.8, 4) is 0 Å². The minimum absolute atomic E-state index is 0.349. The molecule has 0 saturated heterocycles. The van der Waals surface area contributed by atoms with Crippen LogP contribution in [0.4, 0.5) is 5.82 Å². The number of halogens is 1. The van der Waals surface area contributed by atoms with Crippen molar-refractivity contribution in [3.05, 3.63) is 28.8 Å². The van der Waals surface area contributed by atoms with E-state index in [2.05, 4.69) is 41.7 Å². The van der Waals surface area contributed by atoms with E-state index in [1.165, 1.54) is 0 Å². The third-order valence-electron chi connectivity index (χ3n) is 3.82. The highest BCUT2D eigenvalue weighted by molar-refractivity contribution is 6.27. The molecule has 7 nitrogen and oxygen atoms in total. The molecule has 1 aliphatic heterocycles. The van der Waals surface area contributed by atoms with Gasteiger partial charge in [0.25, 0.3) is 11.5 Å². The minimum Gasteiger partial charge on any atom is -0.346 e. The van der Waals surface area contributed by atoms with Crippen molar-refractivity contribution >= 4 is 28.6 Å². The minimum atomic E-state index is 0.349. The van der Waals surface area contributed by atoms with Crippen molar-refractivity contribution in [2.45, 2.75) is 26.3 Å². The van der Waals surface area contributed by atoms with Crippen LogP contribution >= 0.6 is 11.6 Å². The first-order valence-electron chi connectivity index (χ1n) is 6.98. The summed E-state index contributed by atoms with van der Waals surface area (Å²) in [5, 5.41) is 0.349. The highest BCUT2D eigenvalue weighted by Crippen LogP contribution is 2.25. The Balaban J connectivity index is 1.81. The molecule has 21 heavy (non-hydrogen) atoms. The van der Waals surface area contributed by atoms with Gasteiger partial charge >= 0.3 is 5.28 Å². The maximum absolute atomic E-state index is 6.11. The van der Waals surface area contributed by atoms with Crippen molar-refractivity contribution in [2.75, 3.05) is 11.4 Å². The molecule has 0 radical (unpaired) electrons. The summed E-state index contributed by atoms with van der Waals surface area (Å²) >= 11 is 6.11. The summed E-state index contributed by atoms with van der Waals surface area (Å²) in [6.07, 6.45) is 3.49. The molecule has 0 amide bonds. The van der Waals surface area contributed by atoms with E-state index in [1.807, 2.05) is 0 Å². The van der Waals surface area contributed by atoms with Crippen LogP contribution in [0.5, 0.6) is 0 Å². The molecule has 3 aromatic heterocycles. The third kappa shape index (κ3) is 2.04. The van der Waals surface area contributed by atoms with Gasteiger partial charge in [-0.15, -0.1) is 0 Å². The lowest BCUT2D eigenvalue weighted by Crippen LogP contribution is -2.35. The Morgan fingerprint density at radius 3 is 3.19 bits per heavy atom. The lowest BCUT2D eigenvalue weighted by atomic mass is 10.1. The zero-order chi connectivity index (χ0) is 14.4. The molecular formula is C13H15ClN7+. The molecule has 0 spiro atoms. The molecule has 0 unspecified atom stereocenters. The van der Waals surface area contributed by atoms with E-state index in [0.717, 1.165) is 54.5 Å². The van der Waals surface area contributed by atoms with E-state index >= 15 is 0 Å². The molecule has 0 atom stereocenters. The summed E-state index contributed by atoms with van der Waals surface area (Å²) in [6, 6.07) is 0. The number of fused-ring (bicyclic) bond motifs is 2. The highest BCUT2D eigenvalue weighted by atomic mass is 35.5. The number of nitrogens with one attached hydrogen (secondary N) is 3. The Morgan fingerprint density at radius 2 is 2.33 bits per heavy atom. The molecule has 4 heterocycles. The maximum Gasteiger partial charge on any atom is 0.334 e. The van der Waals surface area contributed by atoms with Crippen LogP contribution in [0, 0.1) is 0 Å². The largest absolute Gasteiger partial charge is 0.346 e. The van der Waals surface area contributed by atoms with Crippen molar-refractivity contribution in [3.63, 3.8) is 0 Å². The molecule has 8 heteroatoms.